The van der Waals surface area contributed by atoms with Crippen LogP contribution in [0.1, 0.15) is 33.4 Å². The minimum Gasteiger partial charge on any atom is -0.469 e. The maximum Gasteiger partial charge on any atom is 0.307 e. The number of aromatic nitrogens is 1. The first-order chi connectivity index (χ1) is 13.0. The summed E-state index contributed by atoms with van der Waals surface area (Å²) >= 11 is 9.17. The highest BCUT2D eigenvalue weighted by Gasteiger charge is 2.24. The second-order valence-corrected chi connectivity index (χ2v) is 7.96. The number of carbonyl (C=O) groups is 2. The molecule has 3 rings (SSSR count). The molecule has 2 aromatic heterocycles. The van der Waals surface area contributed by atoms with Crippen molar-refractivity contribution in [1.29, 1.82) is 0 Å². The number of ether oxygens (including phenoxy) is 1. The maximum atomic E-state index is 12.9. The summed E-state index contributed by atoms with van der Waals surface area (Å²) in [5, 5.41) is 8.13. The van der Waals surface area contributed by atoms with Crippen LogP contribution < -0.4 is 5.32 Å². The fourth-order valence-electron chi connectivity index (χ4n) is 2.59. The number of benzene rings is 1. The van der Waals surface area contributed by atoms with E-state index in [9.17, 15) is 9.59 Å². The Morgan fingerprint density at radius 2 is 2.07 bits per heavy atom. The standard InChI is InChI=1S/C19H17ClN2O3S2/c1-11-17(27-19(21-11)12-7-8-26-10-12)18(24)22-15(9-16(23)25-2)13-5-3-4-6-14(13)20/h3-8,10,15H,9H2,1-2H3,(H,22,24)/t15-/m1/s1. The molecule has 1 N–H and O–H groups in total. The van der Waals surface area contributed by atoms with Crippen molar-refractivity contribution < 1.29 is 14.3 Å². The van der Waals surface area contributed by atoms with Gasteiger partial charge in [0.05, 0.1) is 25.3 Å². The van der Waals surface area contributed by atoms with E-state index in [1.807, 2.05) is 22.9 Å². The van der Waals surface area contributed by atoms with Gasteiger partial charge in [0.2, 0.25) is 0 Å². The fraction of sp³-hybridized carbons (Fsp3) is 0.211. The molecule has 3 aromatic rings. The quantitative estimate of drug-likeness (QED) is 0.578. The number of amides is 1. The van der Waals surface area contributed by atoms with Crippen molar-refractivity contribution in [3.63, 3.8) is 0 Å². The Morgan fingerprint density at radius 1 is 1.30 bits per heavy atom. The van der Waals surface area contributed by atoms with E-state index in [1.165, 1.54) is 18.4 Å². The summed E-state index contributed by atoms with van der Waals surface area (Å²) in [6, 6.07) is 8.49. The van der Waals surface area contributed by atoms with E-state index in [-0.39, 0.29) is 12.3 Å². The van der Waals surface area contributed by atoms with Crippen LogP contribution in [0.25, 0.3) is 10.6 Å². The molecule has 0 aliphatic heterocycles. The molecule has 0 aliphatic carbocycles. The largest absolute Gasteiger partial charge is 0.469 e. The molecule has 1 amide bonds. The molecule has 140 valence electrons. The first-order valence-electron chi connectivity index (χ1n) is 8.11. The predicted molar refractivity (Wildman–Crippen MR) is 108 cm³/mol. The minimum absolute atomic E-state index is 0.0127. The van der Waals surface area contributed by atoms with Crippen molar-refractivity contribution in [1.82, 2.24) is 10.3 Å². The summed E-state index contributed by atoms with van der Waals surface area (Å²) in [6.45, 7) is 1.80. The molecule has 1 aromatic carbocycles. The average Bonchev–Trinajstić information content (AvgIpc) is 3.31. The third-order valence-corrected chi connectivity index (χ3v) is 6.19. The molecule has 8 heteroatoms. The van der Waals surface area contributed by atoms with Crippen LogP contribution in [0, 0.1) is 6.92 Å². The second-order valence-electron chi connectivity index (χ2n) is 5.77. The van der Waals surface area contributed by atoms with Gasteiger partial charge in [-0.15, -0.1) is 11.3 Å². The van der Waals surface area contributed by atoms with Crippen LogP contribution in [-0.2, 0) is 9.53 Å². The van der Waals surface area contributed by atoms with Crippen LogP contribution in [0.2, 0.25) is 5.02 Å². The van der Waals surface area contributed by atoms with Crippen molar-refractivity contribution in [2.75, 3.05) is 7.11 Å². The molecular weight excluding hydrogens is 404 g/mol. The van der Waals surface area contributed by atoms with Gasteiger partial charge in [-0.05, 0) is 30.0 Å². The third kappa shape index (κ3) is 4.55. The summed E-state index contributed by atoms with van der Waals surface area (Å²) in [7, 11) is 1.31. The van der Waals surface area contributed by atoms with E-state index in [4.69, 9.17) is 16.3 Å². The van der Waals surface area contributed by atoms with Gasteiger partial charge in [0, 0.05) is 16.0 Å². The van der Waals surface area contributed by atoms with Crippen molar-refractivity contribution in [3.05, 3.63) is 62.2 Å². The summed E-state index contributed by atoms with van der Waals surface area (Å²) in [6.07, 6.45) is -0.0127. The monoisotopic (exact) mass is 420 g/mol. The molecular formula is C19H17ClN2O3S2. The Labute approximate surface area is 170 Å². The lowest BCUT2D eigenvalue weighted by Gasteiger charge is -2.19. The van der Waals surface area contributed by atoms with Crippen LogP contribution in [0.15, 0.2) is 41.1 Å². The van der Waals surface area contributed by atoms with E-state index < -0.39 is 12.0 Å². The smallest absolute Gasteiger partial charge is 0.307 e. The normalized spacial score (nSPS) is 11.8. The Morgan fingerprint density at radius 3 is 2.74 bits per heavy atom. The highest BCUT2D eigenvalue weighted by Crippen LogP contribution is 2.31. The molecule has 27 heavy (non-hydrogen) atoms. The zero-order chi connectivity index (χ0) is 19.4. The highest BCUT2D eigenvalue weighted by molar-refractivity contribution is 7.17. The first kappa shape index (κ1) is 19.5. The zero-order valence-electron chi connectivity index (χ0n) is 14.7. The molecule has 5 nitrogen and oxygen atoms in total. The number of thiazole rings is 1. The van der Waals surface area contributed by atoms with Gasteiger partial charge in [-0.25, -0.2) is 4.98 Å². The summed E-state index contributed by atoms with van der Waals surface area (Å²) in [5.74, 6) is -0.722. The molecule has 0 unspecified atom stereocenters. The molecule has 0 saturated heterocycles. The summed E-state index contributed by atoms with van der Waals surface area (Å²) in [4.78, 5) is 29.7. The van der Waals surface area contributed by atoms with E-state index >= 15 is 0 Å². The molecule has 0 fully saturated rings. The number of nitrogens with one attached hydrogen (secondary N) is 1. The van der Waals surface area contributed by atoms with Crippen LogP contribution >= 0.6 is 34.3 Å². The van der Waals surface area contributed by atoms with Gasteiger partial charge in [-0.3, -0.25) is 9.59 Å². The van der Waals surface area contributed by atoms with Gasteiger partial charge < -0.3 is 10.1 Å². The molecule has 1 atom stereocenters. The zero-order valence-corrected chi connectivity index (χ0v) is 17.1. The minimum atomic E-state index is -0.593. The highest BCUT2D eigenvalue weighted by atomic mass is 35.5. The summed E-state index contributed by atoms with van der Waals surface area (Å²) < 4.78 is 4.76. The van der Waals surface area contributed by atoms with Crippen LogP contribution in [0.5, 0.6) is 0 Å². The van der Waals surface area contributed by atoms with Crippen LogP contribution in [0.3, 0.4) is 0 Å². The number of halogens is 1. The van der Waals surface area contributed by atoms with E-state index in [2.05, 4.69) is 10.3 Å². The number of methoxy groups -OCH3 is 1. The van der Waals surface area contributed by atoms with Crippen molar-refractivity contribution in [2.45, 2.75) is 19.4 Å². The maximum absolute atomic E-state index is 12.9. The number of rotatable bonds is 6. The van der Waals surface area contributed by atoms with Gasteiger partial charge in [0.25, 0.3) is 5.91 Å². The number of esters is 1. The van der Waals surface area contributed by atoms with Gasteiger partial charge in [0.1, 0.15) is 9.88 Å². The number of carbonyl (C=O) groups excluding carboxylic acids is 2. The Balaban J connectivity index is 1.86. The fourth-order valence-corrected chi connectivity index (χ4v) is 4.54. The van der Waals surface area contributed by atoms with Crippen molar-refractivity contribution >= 4 is 46.2 Å². The van der Waals surface area contributed by atoms with E-state index in [1.54, 1.807) is 36.5 Å². The number of nitrogens with zero attached hydrogens (tertiary/aromatic N) is 1. The molecule has 0 radical (unpaired) electrons. The lowest BCUT2D eigenvalue weighted by Crippen LogP contribution is -2.30. The molecule has 0 bridgehead atoms. The van der Waals surface area contributed by atoms with Gasteiger partial charge in [0.15, 0.2) is 0 Å². The average molecular weight is 421 g/mol. The third-order valence-electron chi connectivity index (χ3n) is 3.96. The summed E-state index contributed by atoms with van der Waals surface area (Å²) in [5.41, 5.74) is 2.30. The van der Waals surface area contributed by atoms with Crippen LogP contribution in [-0.4, -0.2) is 24.0 Å². The number of hydrogen-bond donors (Lipinski definition) is 1. The SMILES string of the molecule is COC(=O)C[C@@H](NC(=O)c1sc(-c2ccsc2)nc1C)c1ccccc1Cl. The topological polar surface area (TPSA) is 68.3 Å². The lowest BCUT2D eigenvalue weighted by molar-refractivity contribution is -0.141. The molecule has 0 aliphatic rings. The van der Waals surface area contributed by atoms with Gasteiger partial charge >= 0.3 is 5.97 Å². The van der Waals surface area contributed by atoms with Crippen LogP contribution in [0.4, 0.5) is 0 Å². The van der Waals surface area contributed by atoms with Crippen molar-refractivity contribution in [2.24, 2.45) is 0 Å². The van der Waals surface area contributed by atoms with Crippen molar-refractivity contribution in [3.8, 4) is 10.6 Å². The van der Waals surface area contributed by atoms with E-state index in [0.29, 0.717) is 21.2 Å². The first-order valence-corrected chi connectivity index (χ1v) is 10.3. The van der Waals surface area contributed by atoms with E-state index in [0.717, 1.165) is 10.6 Å². The Bertz CT molecular complexity index is 954. The predicted octanol–water partition coefficient (Wildman–Crippen LogP) is 4.87. The molecule has 2 heterocycles. The number of aryl methyl sites for hydroxylation is 1. The number of thiophene rings is 1. The lowest BCUT2D eigenvalue weighted by atomic mass is 10.0. The Hall–Kier alpha value is -2.22. The van der Waals surface area contributed by atoms with Gasteiger partial charge in [-0.1, -0.05) is 29.8 Å². The molecule has 0 spiro atoms. The van der Waals surface area contributed by atoms with Gasteiger partial charge in [-0.2, -0.15) is 11.3 Å². The number of hydrogen-bond acceptors (Lipinski definition) is 6. The molecule has 0 saturated carbocycles. The second kappa shape index (κ2) is 8.65. The Kier molecular flexibility index (Phi) is 6.26.